The number of benzene rings is 1. The predicted molar refractivity (Wildman–Crippen MR) is 110 cm³/mol. The van der Waals surface area contributed by atoms with Gasteiger partial charge in [-0.05, 0) is 43.5 Å². The zero-order chi connectivity index (χ0) is 19.3. The molecule has 3 heterocycles. The van der Waals surface area contributed by atoms with Crippen LogP contribution in [0.4, 0.5) is 4.39 Å². The van der Waals surface area contributed by atoms with Crippen LogP contribution in [0.1, 0.15) is 24.3 Å². The third-order valence-corrected chi connectivity index (χ3v) is 6.42. The lowest BCUT2D eigenvalue weighted by molar-refractivity contribution is -0.133. The highest BCUT2D eigenvalue weighted by Gasteiger charge is 2.23. The van der Waals surface area contributed by atoms with Crippen LogP contribution in [0.5, 0.6) is 0 Å². The Bertz CT molecular complexity index is 780. The van der Waals surface area contributed by atoms with Gasteiger partial charge in [0.25, 0.3) is 0 Å². The van der Waals surface area contributed by atoms with Crippen LogP contribution in [0.25, 0.3) is 11.3 Å². The number of thiazole rings is 1. The van der Waals surface area contributed by atoms with Crippen LogP contribution in [0.3, 0.4) is 0 Å². The lowest BCUT2D eigenvalue weighted by Crippen LogP contribution is -2.50. The van der Waals surface area contributed by atoms with E-state index in [0.717, 1.165) is 74.9 Å². The summed E-state index contributed by atoms with van der Waals surface area (Å²) in [5, 5.41) is 3.12. The Balaban J connectivity index is 1.24. The van der Waals surface area contributed by atoms with E-state index in [2.05, 4.69) is 9.80 Å². The first-order valence-electron chi connectivity index (χ1n) is 10.1. The molecule has 2 saturated heterocycles. The van der Waals surface area contributed by atoms with Crippen LogP contribution in [0.2, 0.25) is 0 Å². The topological polar surface area (TPSA) is 39.7 Å². The summed E-state index contributed by atoms with van der Waals surface area (Å²) in [6.07, 6.45) is 3.54. The molecule has 28 heavy (non-hydrogen) atoms. The number of amides is 1. The summed E-state index contributed by atoms with van der Waals surface area (Å²) in [6, 6.07) is 6.48. The van der Waals surface area contributed by atoms with Gasteiger partial charge >= 0.3 is 0 Å². The van der Waals surface area contributed by atoms with Gasteiger partial charge in [0.1, 0.15) is 10.8 Å². The summed E-state index contributed by atoms with van der Waals surface area (Å²) in [6.45, 7) is 7.01. The lowest BCUT2D eigenvalue weighted by Gasteiger charge is -2.35. The van der Waals surface area contributed by atoms with Gasteiger partial charge < -0.3 is 4.90 Å². The second-order valence-electron chi connectivity index (χ2n) is 7.63. The van der Waals surface area contributed by atoms with Gasteiger partial charge in [0.2, 0.25) is 5.91 Å². The molecule has 7 heteroatoms. The van der Waals surface area contributed by atoms with Crippen molar-refractivity contribution in [3.63, 3.8) is 0 Å². The second-order valence-corrected chi connectivity index (χ2v) is 8.57. The summed E-state index contributed by atoms with van der Waals surface area (Å²) in [7, 11) is 0. The smallest absolute Gasteiger partial charge is 0.236 e. The minimum Gasteiger partial charge on any atom is -0.342 e. The number of aromatic nitrogens is 1. The summed E-state index contributed by atoms with van der Waals surface area (Å²) in [5.74, 6) is 0.0628. The molecule has 0 bridgehead atoms. The Morgan fingerprint density at radius 2 is 1.64 bits per heavy atom. The van der Waals surface area contributed by atoms with E-state index < -0.39 is 0 Å². The maximum absolute atomic E-state index is 13.1. The fraction of sp³-hybridized carbons (Fsp3) is 0.524. The third kappa shape index (κ3) is 4.96. The predicted octanol–water partition coefficient (Wildman–Crippen LogP) is 3.08. The average Bonchev–Trinajstić information content (AvgIpc) is 3.19. The first-order chi connectivity index (χ1) is 13.7. The largest absolute Gasteiger partial charge is 0.342 e. The number of carbonyl (C=O) groups excluding carboxylic acids is 1. The molecule has 2 aromatic rings. The monoisotopic (exact) mass is 402 g/mol. The maximum atomic E-state index is 13.1. The molecule has 1 amide bonds. The molecule has 0 N–H and O–H groups in total. The molecule has 2 fully saturated rings. The molecule has 2 aliphatic heterocycles. The molecule has 4 rings (SSSR count). The normalized spacial score (nSPS) is 19.1. The van der Waals surface area contributed by atoms with E-state index in [-0.39, 0.29) is 11.7 Å². The molecule has 0 aliphatic carbocycles. The minimum atomic E-state index is -0.226. The number of piperazine rings is 1. The molecule has 0 unspecified atom stereocenters. The molecule has 5 nitrogen and oxygen atoms in total. The number of likely N-dealkylation sites (tertiary alicyclic amines) is 1. The van der Waals surface area contributed by atoms with Crippen molar-refractivity contribution in [1.82, 2.24) is 19.7 Å². The minimum absolute atomic E-state index is 0.226. The fourth-order valence-corrected chi connectivity index (χ4v) is 4.71. The number of rotatable bonds is 5. The van der Waals surface area contributed by atoms with Crippen molar-refractivity contribution >= 4 is 17.2 Å². The molecule has 0 saturated carbocycles. The maximum Gasteiger partial charge on any atom is 0.236 e. The molecule has 1 aromatic heterocycles. The van der Waals surface area contributed by atoms with E-state index >= 15 is 0 Å². The van der Waals surface area contributed by atoms with Crippen molar-refractivity contribution < 1.29 is 9.18 Å². The number of hydrogen-bond acceptors (Lipinski definition) is 5. The second kappa shape index (κ2) is 9.11. The molecule has 150 valence electrons. The summed E-state index contributed by atoms with van der Waals surface area (Å²) in [5.41, 5.74) is 1.86. The van der Waals surface area contributed by atoms with Crippen molar-refractivity contribution in [2.75, 3.05) is 45.8 Å². The summed E-state index contributed by atoms with van der Waals surface area (Å²) >= 11 is 1.65. The number of nitrogens with zero attached hydrogens (tertiary/aromatic N) is 4. The van der Waals surface area contributed by atoms with Crippen molar-refractivity contribution in [2.24, 2.45) is 0 Å². The third-order valence-electron chi connectivity index (χ3n) is 5.58. The van der Waals surface area contributed by atoms with Crippen LogP contribution in [-0.4, -0.2) is 71.4 Å². The number of carbonyl (C=O) groups is 1. The highest BCUT2D eigenvalue weighted by Crippen LogP contribution is 2.23. The molecule has 0 spiro atoms. The standard InChI is InChI=1S/C21H27FN4OS/c22-18-6-4-17(5-7-18)19-16-28-20(23-19)14-24-10-12-25(13-11-24)15-21(27)26-8-2-1-3-9-26/h4-7,16H,1-3,8-15H2. The highest BCUT2D eigenvalue weighted by molar-refractivity contribution is 7.09. The van der Waals surface area contributed by atoms with Crippen molar-refractivity contribution in [2.45, 2.75) is 25.8 Å². The van der Waals surface area contributed by atoms with E-state index in [9.17, 15) is 9.18 Å². The molecule has 1 aromatic carbocycles. The molecule has 2 aliphatic rings. The van der Waals surface area contributed by atoms with E-state index in [0.29, 0.717) is 6.54 Å². The van der Waals surface area contributed by atoms with Crippen molar-refractivity contribution in [3.05, 3.63) is 40.5 Å². The highest BCUT2D eigenvalue weighted by atomic mass is 32.1. The Morgan fingerprint density at radius 3 is 2.36 bits per heavy atom. The molecule has 0 atom stereocenters. The van der Waals surface area contributed by atoms with E-state index in [1.165, 1.54) is 18.6 Å². The van der Waals surface area contributed by atoms with Crippen molar-refractivity contribution in [1.29, 1.82) is 0 Å². The SMILES string of the molecule is O=C(CN1CCN(Cc2nc(-c3ccc(F)cc3)cs2)CC1)N1CCCCC1. The van der Waals surface area contributed by atoms with E-state index in [4.69, 9.17) is 4.98 Å². The summed E-state index contributed by atoms with van der Waals surface area (Å²) in [4.78, 5) is 23.9. The van der Waals surface area contributed by atoms with Crippen molar-refractivity contribution in [3.8, 4) is 11.3 Å². The van der Waals surface area contributed by atoms with Gasteiger partial charge in [-0.25, -0.2) is 9.37 Å². The van der Waals surface area contributed by atoms with Crippen LogP contribution >= 0.6 is 11.3 Å². The quantitative estimate of drug-likeness (QED) is 0.771. The van der Waals surface area contributed by atoms with Crippen LogP contribution in [0.15, 0.2) is 29.6 Å². The Kier molecular flexibility index (Phi) is 6.34. The first-order valence-corrected chi connectivity index (χ1v) is 11.0. The van der Waals surface area contributed by atoms with Crippen LogP contribution < -0.4 is 0 Å². The van der Waals surface area contributed by atoms with Gasteiger partial charge in [0.05, 0.1) is 18.8 Å². The Morgan fingerprint density at radius 1 is 0.964 bits per heavy atom. The van der Waals surface area contributed by atoms with Gasteiger partial charge in [0.15, 0.2) is 0 Å². The average molecular weight is 403 g/mol. The lowest BCUT2D eigenvalue weighted by atomic mass is 10.1. The number of piperidine rings is 1. The summed E-state index contributed by atoms with van der Waals surface area (Å²) < 4.78 is 13.1. The molecular formula is C21H27FN4OS. The van der Waals surface area contributed by atoms with Gasteiger partial charge in [-0.1, -0.05) is 0 Å². The zero-order valence-corrected chi connectivity index (χ0v) is 17.0. The van der Waals surface area contributed by atoms with Gasteiger partial charge in [0, 0.05) is 50.2 Å². The Labute approximate surface area is 169 Å². The van der Waals surface area contributed by atoms with E-state index in [1.807, 2.05) is 10.3 Å². The Hall–Kier alpha value is -1.83. The zero-order valence-electron chi connectivity index (χ0n) is 16.1. The van der Waals surface area contributed by atoms with Gasteiger partial charge in [-0.15, -0.1) is 11.3 Å². The number of hydrogen-bond donors (Lipinski definition) is 0. The number of halogens is 1. The van der Waals surface area contributed by atoms with E-state index in [1.54, 1.807) is 23.5 Å². The first kappa shape index (κ1) is 19.5. The molecular weight excluding hydrogens is 375 g/mol. The fourth-order valence-electron chi connectivity index (χ4n) is 3.87. The van der Waals surface area contributed by atoms with Gasteiger partial charge in [-0.3, -0.25) is 14.6 Å². The molecule has 0 radical (unpaired) electrons. The van der Waals surface area contributed by atoms with Crippen LogP contribution in [0, 0.1) is 5.82 Å². The van der Waals surface area contributed by atoms with Crippen LogP contribution in [-0.2, 0) is 11.3 Å². The van der Waals surface area contributed by atoms with Gasteiger partial charge in [-0.2, -0.15) is 0 Å².